The second kappa shape index (κ2) is 8.10. The van der Waals surface area contributed by atoms with Crippen molar-refractivity contribution in [3.8, 4) is 11.5 Å². The fourth-order valence-corrected chi connectivity index (χ4v) is 2.03. The topological polar surface area (TPSA) is 38.3 Å². The minimum atomic E-state index is -0.0855. The molecule has 0 bridgehead atoms. The summed E-state index contributed by atoms with van der Waals surface area (Å²) in [6, 6.07) is 16.8. The molecule has 0 unspecified atom stereocenters. The highest BCUT2D eigenvalue weighted by Crippen LogP contribution is 2.24. The van der Waals surface area contributed by atoms with Gasteiger partial charge in [0.1, 0.15) is 11.5 Å². The van der Waals surface area contributed by atoms with Crippen LogP contribution in [0.1, 0.15) is 36.5 Å². The van der Waals surface area contributed by atoms with Crippen LogP contribution in [0.2, 0.25) is 0 Å². The first-order valence-corrected chi connectivity index (χ1v) is 7.41. The summed E-state index contributed by atoms with van der Waals surface area (Å²) in [6.45, 7) is 2.84. The Labute approximate surface area is 126 Å². The third-order valence-corrected chi connectivity index (χ3v) is 3.17. The van der Waals surface area contributed by atoms with Gasteiger partial charge in [0, 0.05) is 6.54 Å². The van der Waals surface area contributed by atoms with E-state index in [9.17, 15) is 4.79 Å². The molecular formula is C18H21NO2. The van der Waals surface area contributed by atoms with Crippen molar-refractivity contribution in [2.24, 2.45) is 0 Å². The molecule has 3 nitrogen and oxygen atoms in total. The van der Waals surface area contributed by atoms with Crippen LogP contribution >= 0.6 is 0 Å². The monoisotopic (exact) mass is 283 g/mol. The predicted octanol–water partition coefficient (Wildman–Crippen LogP) is 4.40. The first-order chi connectivity index (χ1) is 10.3. The van der Waals surface area contributed by atoms with E-state index in [1.807, 2.05) is 48.5 Å². The van der Waals surface area contributed by atoms with Gasteiger partial charge in [0.15, 0.2) is 0 Å². The maximum atomic E-state index is 12.2. The largest absolute Gasteiger partial charge is 0.457 e. The minimum absolute atomic E-state index is 0.0855. The summed E-state index contributed by atoms with van der Waals surface area (Å²) in [4.78, 5) is 12.2. The Morgan fingerprint density at radius 3 is 2.48 bits per heavy atom. The van der Waals surface area contributed by atoms with E-state index in [2.05, 4.69) is 12.2 Å². The van der Waals surface area contributed by atoms with Crippen LogP contribution in [0.5, 0.6) is 11.5 Å². The third kappa shape index (κ3) is 4.63. The number of benzene rings is 2. The zero-order valence-corrected chi connectivity index (χ0v) is 12.3. The van der Waals surface area contributed by atoms with Gasteiger partial charge in [-0.3, -0.25) is 4.79 Å². The molecule has 21 heavy (non-hydrogen) atoms. The molecule has 0 heterocycles. The van der Waals surface area contributed by atoms with Crippen LogP contribution in [0.4, 0.5) is 0 Å². The van der Waals surface area contributed by atoms with Crippen molar-refractivity contribution in [2.75, 3.05) is 6.54 Å². The van der Waals surface area contributed by atoms with Gasteiger partial charge in [-0.1, -0.05) is 50.1 Å². The van der Waals surface area contributed by atoms with Crippen LogP contribution in [0.3, 0.4) is 0 Å². The van der Waals surface area contributed by atoms with Gasteiger partial charge < -0.3 is 10.1 Å². The van der Waals surface area contributed by atoms with E-state index >= 15 is 0 Å². The number of hydrogen-bond acceptors (Lipinski definition) is 2. The summed E-state index contributed by atoms with van der Waals surface area (Å²) in [5.74, 6) is 1.22. The lowest BCUT2D eigenvalue weighted by molar-refractivity contribution is 0.0950. The summed E-state index contributed by atoms with van der Waals surface area (Å²) < 4.78 is 5.80. The van der Waals surface area contributed by atoms with E-state index in [-0.39, 0.29) is 5.91 Å². The Hall–Kier alpha value is -2.29. The molecule has 2 aromatic carbocycles. The van der Waals surface area contributed by atoms with Gasteiger partial charge in [-0.2, -0.15) is 0 Å². The fraction of sp³-hybridized carbons (Fsp3) is 0.278. The molecule has 2 aromatic rings. The number of hydrogen-bond donors (Lipinski definition) is 1. The van der Waals surface area contributed by atoms with E-state index in [0.29, 0.717) is 17.9 Å². The maximum absolute atomic E-state index is 12.2. The van der Waals surface area contributed by atoms with E-state index < -0.39 is 0 Å². The van der Waals surface area contributed by atoms with Crippen LogP contribution in [0, 0.1) is 0 Å². The molecule has 0 aliphatic carbocycles. The lowest BCUT2D eigenvalue weighted by atomic mass is 10.2. The van der Waals surface area contributed by atoms with E-state index in [1.54, 1.807) is 6.07 Å². The Kier molecular flexibility index (Phi) is 5.83. The van der Waals surface area contributed by atoms with E-state index in [1.165, 1.54) is 0 Å². The van der Waals surface area contributed by atoms with Crippen LogP contribution in [0.15, 0.2) is 54.6 Å². The molecule has 0 saturated heterocycles. The zero-order chi connectivity index (χ0) is 14.9. The Morgan fingerprint density at radius 1 is 1.00 bits per heavy atom. The van der Waals surface area contributed by atoms with E-state index in [0.717, 1.165) is 25.0 Å². The Morgan fingerprint density at radius 2 is 1.71 bits per heavy atom. The molecule has 2 rings (SSSR count). The SMILES string of the molecule is CCCCCNC(=O)c1ccccc1Oc1ccccc1. The number of unbranched alkanes of at least 4 members (excludes halogenated alkanes) is 2. The third-order valence-electron chi connectivity index (χ3n) is 3.17. The quantitative estimate of drug-likeness (QED) is 0.765. The fourth-order valence-electron chi connectivity index (χ4n) is 2.03. The molecule has 0 radical (unpaired) electrons. The summed E-state index contributed by atoms with van der Waals surface area (Å²) in [7, 11) is 0. The number of carbonyl (C=O) groups excluding carboxylic acids is 1. The van der Waals surface area contributed by atoms with Crippen LogP contribution < -0.4 is 10.1 Å². The number of amides is 1. The van der Waals surface area contributed by atoms with Crippen molar-refractivity contribution in [1.29, 1.82) is 0 Å². The Bertz CT molecular complexity index is 566. The van der Waals surface area contributed by atoms with Gasteiger partial charge >= 0.3 is 0 Å². The zero-order valence-electron chi connectivity index (χ0n) is 12.3. The molecule has 110 valence electrons. The van der Waals surface area contributed by atoms with Gasteiger partial charge in [-0.05, 0) is 30.7 Å². The summed E-state index contributed by atoms with van der Waals surface area (Å²) in [5.41, 5.74) is 0.567. The number of nitrogens with one attached hydrogen (secondary N) is 1. The molecule has 0 fully saturated rings. The summed E-state index contributed by atoms with van der Waals surface area (Å²) in [5, 5.41) is 2.94. The second-order valence-electron chi connectivity index (χ2n) is 4.87. The molecule has 1 amide bonds. The van der Waals surface area contributed by atoms with Crippen molar-refractivity contribution >= 4 is 5.91 Å². The molecule has 3 heteroatoms. The van der Waals surface area contributed by atoms with Gasteiger partial charge in [0.2, 0.25) is 0 Å². The summed E-state index contributed by atoms with van der Waals surface area (Å²) in [6.07, 6.45) is 3.27. The van der Waals surface area contributed by atoms with Crippen LogP contribution in [0.25, 0.3) is 0 Å². The lowest BCUT2D eigenvalue weighted by Crippen LogP contribution is -2.24. The average molecular weight is 283 g/mol. The van der Waals surface area contributed by atoms with Gasteiger partial charge in [-0.25, -0.2) is 0 Å². The first-order valence-electron chi connectivity index (χ1n) is 7.41. The predicted molar refractivity (Wildman–Crippen MR) is 84.8 cm³/mol. The molecule has 0 spiro atoms. The number of carbonyl (C=O) groups is 1. The number of rotatable bonds is 7. The minimum Gasteiger partial charge on any atom is -0.457 e. The average Bonchev–Trinajstić information content (AvgIpc) is 2.53. The van der Waals surface area contributed by atoms with Crippen molar-refractivity contribution < 1.29 is 9.53 Å². The van der Waals surface area contributed by atoms with Crippen molar-refractivity contribution in [3.05, 3.63) is 60.2 Å². The van der Waals surface area contributed by atoms with Crippen molar-refractivity contribution in [1.82, 2.24) is 5.32 Å². The van der Waals surface area contributed by atoms with E-state index in [4.69, 9.17) is 4.74 Å². The molecular weight excluding hydrogens is 262 g/mol. The molecule has 0 saturated carbocycles. The van der Waals surface area contributed by atoms with Crippen molar-refractivity contribution in [3.63, 3.8) is 0 Å². The molecule has 0 atom stereocenters. The van der Waals surface area contributed by atoms with Crippen molar-refractivity contribution in [2.45, 2.75) is 26.2 Å². The first kappa shape index (κ1) is 15.1. The lowest BCUT2D eigenvalue weighted by Gasteiger charge is -2.11. The second-order valence-corrected chi connectivity index (χ2v) is 4.87. The molecule has 0 aromatic heterocycles. The van der Waals surface area contributed by atoms with Gasteiger partial charge in [0.25, 0.3) is 5.91 Å². The smallest absolute Gasteiger partial charge is 0.255 e. The van der Waals surface area contributed by atoms with Gasteiger partial charge in [0.05, 0.1) is 5.56 Å². The number of ether oxygens (including phenoxy) is 1. The maximum Gasteiger partial charge on any atom is 0.255 e. The molecule has 1 N–H and O–H groups in total. The summed E-state index contributed by atoms with van der Waals surface area (Å²) >= 11 is 0. The molecule has 0 aliphatic rings. The molecule has 0 aliphatic heterocycles. The standard InChI is InChI=1S/C18H21NO2/c1-2-3-9-14-19-18(20)16-12-7-8-13-17(16)21-15-10-5-4-6-11-15/h4-8,10-13H,2-3,9,14H2,1H3,(H,19,20). The Balaban J connectivity index is 2.04. The highest BCUT2D eigenvalue weighted by atomic mass is 16.5. The van der Waals surface area contributed by atoms with Gasteiger partial charge in [-0.15, -0.1) is 0 Å². The normalized spacial score (nSPS) is 10.1. The number of para-hydroxylation sites is 2. The van der Waals surface area contributed by atoms with Crippen LogP contribution in [-0.4, -0.2) is 12.5 Å². The van der Waals surface area contributed by atoms with Crippen LogP contribution in [-0.2, 0) is 0 Å². The highest BCUT2D eigenvalue weighted by molar-refractivity contribution is 5.96. The highest BCUT2D eigenvalue weighted by Gasteiger charge is 2.11.